The van der Waals surface area contributed by atoms with Crippen LogP contribution in [-0.4, -0.2) is 37.9 Å². The zero-order chi connectivity index (χ0) is 26.4. The van der Waals surface area contributed by atoms with E-state index in [1.165, 1.54) is 18.2 Å². The van der Waals surface area contributed by atoms with Gasteiger partial charge < -0.3 is 24.6 Å². The molecule has 9 nitrogen and oxygen atoms in total. The lowest BCUT2D eigenvalue weighted by Gasteiger charge is -2.42. The number of fused-ring (bicyclic) bond motifs is 2. The first-order chi connectivity index (χ1) is 17.6. The van der Waals surface area contributed by atoms with Crippen molar-refractivity contribution in [1.29, 1.82) is 0 Å². The van der Waals surface area contributed by atoms with Crippen LogP contribution in [0.5, 0.6) is 17.2 Å². The first-order valence-corrected chi connectivity index (χ1v) is 13.4. The average Bonchev–Trinajstić information content (AvgIpc) is 3.34. The van der Waals surface area contributed by atoms with E-state index in [-0.39, 0.29) is 17.3 Å². The summed E-state index contributed by atoms with van der Waals surface area (Å²) >= 11 is 0. The number of carbonyl (C=O) groups excluding carboxylic acids is 1. The van der Waals surface area contributed by atoms with Crippen molar-refractivity contribution in [3.8, 4) is 17.2 Å². The fourth-order valence-corrected chi connectivity index (χ4v) is 5.61. The lowest BCUT2D eigenvalue weighted by molar-refractivity contribution is -0.0603. The van der Waals surface area contributed by atoms with E-state index in [0.717, 1.165) is 12.0 Å². The molecule has 3 aromatic rings. The van der Waals surface area contributed by atoms with E-state index in [0.29, 0.717) is 28.5 Å². The second-order valence-electron chi connectivity index (χ2n) is 9.52. The van der Waals surface area contributed by atoms with Crippen molar-refractivity contribution in [3.63, 3.8) is 0 Å². The number of aliphatic hydroxyl groups excluding tert-OH is 1. The third-order valence-electron chi connectivity index (χ3n) is 6.56. The van der Waals surface area contributed by atoms with Gasteiger partial charge in [0.2, 0.25) is 16.8 Å². The molecule has 3 aromatic carbocycles. The lowest BCUT2D eigenvalue weighted by Crippen LogP contribution is -2.53. The fourth-order valence-electron chi connectivity index (χ4n) is 4.39. The summed E-state index contributed by atoms with van der Waals surface area (Å²) in [6.45, 7) is 5.46. The second kappa shape index (κ2) is 9.37. The maximum atomic E-state index is 13.3. The number of anilines is 1. The van der Waals surface area contributed by atoms with Gasteiger partial charge in [0.1, 0.15) is 17.5 Å². The van der Waals surface area contributed by atoms with Crippen LogP contribution in [0, 0.1) is 0 Å². The second-order valence-corrected chi connectivity index (χ2v) is 11.2. The van der Waals surface area contributed by atoms with E-state index in [9.17, 15) is 18.3 Å². The first kappa shape index (κ1) is 25.1. The van der Waals surface area contributed by atoms with E-state index in [2.05, 4.69) is 10.0 Å². The number of ether oxygens (including phenoxy) is 3. The molecule has 0 unspecified atom stereocenters. The highest BCUT2D eigenvalue weighted by atomic mass is 32.2. The number of aliphatic hydroxyl groups is 1. The van der Waals surface area contributed by atoms with Crippen molar-refractivity contribution < 1.29 is 32.5 Å². The third-order valence-corrected chi connectivity index (χ3v) is 8.02. The SMILES string of the molecule is CCc1ccc(S(=O)(=O)N[C@@H]2c3cc(C(=O)Nc4ccc5c(c4)OCO5)ccc3OC(C)(C)[C@H]2O)cc1. The van der Waals surface area contributed by atoms with E-state index in [1.807, 2.05) is 6.92 Å². The minimum absolute atomic E-state index is 0.0828. The van der Waals surface area contributed by atoms with Gasteiger partial charge in [-0.15, -0.1) is 0 Å². The Hall–Kier alpha value is -3.60. The number of nitrogens with one attached hydrogen (secondary N) is 2. The van der Waals surface area contributed by atoms with E-state index < -0.39 is 33.7 Å². The molecule has 37 heavy (non-hydrogen) atoms. The number of amides is 1. The van der Waals surface area contributed by atoms with Crippen LogP contribution in [0.2, 0.25) is 0 Å². The number of aryl methyl sites for hydroxylation is 1. The highest BCUT2D eigenvalue weighted by Gasteiger charge is 2.45. The lowest BCUT2D eigenvalue weighted by atomic mass is 9.86. The van der Waals surface area contributed by atoms with Crippen LogP contribution in [0.1, 0.15) is 48.3 Å². The van der Waals surface area contributed by atoms with Gasteiger partial charge in [0.05, 0.1) is 10.9 Å². The zero-order valence-corrected chi connectivity index (χ0v) is 21.5. The van der Waals surface area contributed by atoms with Gasteiger partial charge in [0.25, 0.3) is 5.91 Å². The largest absolute Gasteiger partial charge is 0.485 e. The molecule has 194 valence electrons. The van der Waals surface area contributed by atoms with Crippen LogP contribution in [0.3, 0.4) is 0 Å². The van der Waals surface area contributed by atoms with Gasteiger partial charge in [0.15, 0.2) is 11.5 Å². The predicted molar refractivity (Wildman–Crippen MR) is 137 cm³/mol. The Labute approximate surface area is 215 Å². The summed E-state index contributed by atoms with van der Waals surface area (Å²) in [5.41, 5.74) is 1.07. The monoisotopic (exact) mass is 524 g/mol. The van der Waals surface area contributed by atoms with Crippen molar-refractivity contribution >= 4 is 21.6 Å². The van der Waals surface area contributed by atoms with Crippen LogP contribution < -0.4 is 24.2 Å². The van der Waals surface area contributed by atoms with Crippen molar-refractivity contribution in [2.24, 2.45) is 0 Å². The molecule has 0 aliphatic carbocycles. The van der Waals surface area contributed by atoms with Crippen LogP contribution in [-0.2, 0) is 16.4 Å². The Morgan fingerprint density at radius 2 is 1.70 bits per heavy atom. The topological polar surface area (TPSA) is 123 Å². The van der Waals surface area contributed by atoms with Gasteiger partial charge in [-0.1, -0.05) is 19.1 Å². The molecule has 2 aliphatic heterocycles. The van der Waals surface area contributed by atoms with Gasteiger partial charge >= 0.3 is 0 Å². The molecule has 0 saturated carbocycles. The molecule has 0 spiro atoms. The highest BCUT2D eigenvalue weighted by molar-refractivity contribution is 7.89. The molecule has 0 radical (unpaired) electrons. The van der Waals surface area contributed by atoms with Crippen molar-refractivity contribution in [2.45, 2.75) is 49.8 Å². The molecule has 2 heterocycles. The molecule has 0 fully saturated rings. The van der Waals surface area contributed by atoms with Crippen LogP contribution in [0.15, 0.2) is 65.6 Å². The average molecular weight is 525 g/mol. The number of sulfonamides is 1. The summed E-state index contributed by atoms with van der Waals surface area (Å²) in [5.74, 6) is 1.09. The Kier molecular flexibility index (Phi) is 6.35. The van der Waals surface area contributed by atoms with Crippen LogP contribution in [0.4, 0.5) is 5.69 Å². The normalized spacial score (nSPS) is 19.6. The molecule has 10 heteroatoms. The smallest absolute Gasteiger partial charge is 0.255 e. The van der Waals surface area contributed by atoms with Crippen molar-refractivity contribution in [3.05, 3.63) is 77.4 Å². The molecule has 3 N–H and O–H groups in total. The summed E-state index contributed by atoms with van der Waals surface area (Å²) in [7, 11) is -3.99. The van der Waals surface area contributed by atoms with Crippen LogP contribution >= 0.6 is 0 Å². The molecular weight excluding hydrogens is 496 g/mol. The quantitative estimate of drug-likeness (QED) is 0.448. The highest BCUT2D eigenvalue weighted by Crippen LogP contribution is 2.41. The van der Waals surface area contributed by atoms with Gasteiger partial charge in [-0.25, -0.2) is 13.1 Å². The summed E-state index contributed by atoms with van der Waals surface area (Å²) in [4.78, 5) is 13.1. The Morgan fingerprint density at radius 3 is 2.43 bits per heavy atom. The zero-order valence-electron chi connectivity index (χ0n) is 20.6. The Morgan fingerprint density at radius 1 is 1.00 bits per heavy atom. The van der Waals surface area contributed by atoms with Gasteiger partial charge in [-0.05, 0) is 68.3 Å². The third kappa shape index (κ3) is 4.87. The number of benzene rings is 3. The molecule has 0 saturated heterocycles. The molecule has 1 amide bonds. The Bertz CT molecular complexity index is 1450. The standard InChI is InChI=1S/C27H28N2O7S/c1-4-16-5-9-19(10-6-16)37(32,33)29-24-20-13-17(7-11-21(20)36-27(2,3)25(24)30)26(31)28-18-8-12-22-23(14-18)35-15-34-22/h5-14,24-25,29-30H,4,15H2,1-3H3,(H,28,31)/t24-,25+/m1/s1. The van der Waals surface area contributed by atoms with E-state index >= 15 is 0 Å². The molecule has 5 rings (SSSR count). The maximum Gasteiger partial charge on any atom is 0.255 e. The summed E-state index contributed by atoms with van der Waals surface area (Å²) in [6, 6.07) is 15.3. The van der Waals surface area contributed by atoms with E-state index in [4.69, 9.17) is 14.2 Å². The number of rotatable bonds is 6. The van der Waals surface area contributed by atoms with Crippen molar-refractivity contribution in [2.75, 3.05) is 12.1 Å². The van der Waals surface area contributed by atoms with Gasteiger partial charge in [-0.3, -0.25) is 4.79 Å². The molecule has 2 aliphatic rings. The minimum atomic E-state index is -3.99. The first-order valence-electron chi connectivity index (χ1n) is 11.9. The Balaban J connectivity index is 1.45. The summed E-state index contributed by atoms with van der Waals surface area (Å²) in [6.07, 6.45) is -0.442. The number of hydrogen-bond donors (Lipinski definition) is 3. The maximum absolute atomic E-state index is 13.3. The molecule has 0 bridgehead atoms. The van der Waals surface area contributed by atoms with Gasteiger partial charge in [-0.2, -0.15) is 0 Å². The molecule has 0 aromatic heterocycles. The van der Waals surface area contributed by atoms with E-state index in [1.54, 1.807) is 56.3 Å². The number of hydrogen-bond acceptors (Lipinski definition) is 7. The summed E-state index contributed by atoms with van der Waals surface area (Å²) in [5, 5.41) is 13.9. The van der Waals surface area contributed by atoms with Crippen molar-refractivity contribution in [1.82, 2.24) is 4.72 Å². The predicted octanol–water partition coefficient (Wildman–Crippen LogP) is 3.78. The molecular formula is C27H28N2O7S. The molecule has 2 atom stereocenters. The summed E-state index contributed by atoms with van der Waals surface area (Å²) < 4.78 is 45.8. The van der Waals surface area contributed by atoms with Gasteiger partial charge in [0, 0.05) is 22.9 Å². The van der Waals surface area contributed by atoms with Crippen LogP contribution in [0.25, 0.3) is 0 Å². The minimum Gasteiger partial charge on any atom is -0.485 e. The fraction of sp³-hybridized carbons (Fsp3) is 0.296. The number of carbonyl (C=O) groups is 1.